The first-order valence-electron chi connectivity index (χ1n) is 9.42. The number of rotatable bonds is 6. The molecule has 4 rings (SSSR count). The second-order valence-electron chi connectivity index (χ2n) is 7.45. The van der Waals surface area contributed by atoms with Gasteiger partial charge in [0.2, 0.25) is 6.41 Å². The van der Waals surface area contributed by atoms with Crippen molar-refractivity contribution < 1.29 is 22.7 Å². The average Bonchev–Trinajstić information content (AvgIpc) is 3.14. The first kappa shape index (κ1) is 21.1. The summed E-state index contributed by atoms with van der Waals surface area (Å²) in [6.45, 7) is -0.148. The highest BCUT2D eigenvalue weighted by molar-refractivity contribution is 7.92. The number of benzene rings is 1. The van der Waals surface area contributed by atoms with E-state index in [9.17, 15) is 18.0 Å². The van der Waals surface area contributed by atoms with Crippen molar-refractivity contribution in [2.45, 2.75) is 41.2 Å². The topological polar surface area (TPSA) is 134 Å². The number of alkyl carbamates (subject to hydrolysis) is 1. The SMILES string of the molecule is N#CC1(NC(=O)O[C@H]2C[C@@H](S(=O)(=O)c3ccc(-n4cccn4)cc3Cl)CN2C=O)CC1. The maximum Gasteiger partial charge on any atom is 0.410 e. The summed E-state index contributed by atoms with van der Waals surface area (Å²) in [5, 5.41) is 14.6. The van der Waals surface area contributed by atoms with Crippen molar-refractivity contribution in [1.82, 2.24) is 20.0 Å². The first-order chi connectivity index (χ1) is 14.8. The van der Waals surface area contributed by atoms with Crippen LogP contribution in [0.4, 0.5) is 4.79 Å². The Balaban J connectivity index is 1.50. The number of nitriles is 1. The Morgan fingerprint density at radius 2 is 2.19 bits per heavy atom. The van der Waals surface area contributed by atoms with Crippen molar-refractivity contribution >= 4 is 33.9 Å². The molecule has 2 amide bonds. The molecule has 1 aromatic carbocycles. The van der Waals surface area contributed by atoms with Crippen LogP contribution in [0.15, 0.2) is 41.6 Å². The number of aromatic nitrogens is 2. The molecule has 0 spiro atoms. The number of halogens is 1. The van der Waals surface area contributed by atoms with Gasteiger partial charge >= 0.3 is 6.09 Å². The van der Waals surface area contributed by atoms with Gasteiger partial charge in [0.25, 0.3) is 0 Å². The monoisotopic (exact) mass is 463 g/mol. The third kappa shape index (κ3) is 4.08. The van der Waals surface area contributed by atoms with Gasteiger partial charge in [-0.1, -0.05) is 11.6 Å². The second kappa shape index (κ2) is 7.86. The predicted octanol–water partition coefficient (Wildman–Crippen LogP) is 1.64. The van der Waals surface area contributed by atoms with Crippen LogP contribution in [0.3, 0.4) is 0 Å². The van der Waals surface area contributed by atoms with E-state index in [-0.39, 0.29) is 22.9 Å². The zero-order valence-corrected chi connectivity index (χ0v) is 17.7. The molecule has 162 valence electrons. The molecule has 2 atom stereocenters. The first-order valence-corrected chi connectivity index (χ1v) is 11.3. The molecular weight excluding hydrogens is 446 g/mol. The molecule has 10 nitrogen and oxygen atoms in total. The van der Waals surface area contributed by atoms with Crippen molar-refractivity contribution in [3.63, 3.8) is 0 Å². The highest BCUT2D eigenvalue weighted by Gasteiger charge is 2.47. The van der Waals surface area contributed by atoms with Crippen LogP contribution in [-0.4, -0.2) is 59.2 Å². The molecule has 0 unspecified atom stereocenters. The fourth-order valence-electron chi connectivity index (χ4n) is 3.44. The van der Waals surface area contributed by atoms with E-state index in [0.29, 0.717) is 24.9 Å². The van der Waals surface area contributed by atoms with Gasteiger partial charge in [0.1, 0.15) is 5.54 Å². The number of amides is 2. The third-order valence-corrected chi connectivity index (χ3v) is 7.98. The smallest absolute Gasteiger partial charge is 0.410 e. The Morgan fingerprint density at radius 3 is 2.77 bits per heavy atom. The normalized spacial score (nSPS) is 21.9. The summed E-state index contributed by atoms with van der Waals surface area (Å²) in [6, 6.07) is 8.19. The van der Waals surface area contributed by atoms with Crippen molar-refractivity contribution in [2.24, 2.45) is 0 Å². The lowest BCUT2D eigenvalue weighted by Crippen LogP contribution is -2.41. The van der Waals surface area contributed by atoms with Crippen LogP contribution in [0.25, 0.3) is 5.69 Å². The van der Waals surface area contributed by atoms with E-state index in [4.69, 9.17) is 21.6 Å². The predicted molar refractivity (Wildman–Crippen MR) is 108 cm³/mol. The van der Waals surface area contributed by atoms with Crippen LogP contribution >= 0.6 is 11.6 Å². The van der Waals surface area contributed by atoms with Crippen LogP contribution in [-0.2, 0) is 19.4 Å². The van der Waals surface area contributed by atoms with Gasteiger partial charge in [-0.3, -0.25) is 4.79 Å². The highest BCUT2D eigenvalue weighted by Crippen LogP contribution is 2.35. The quantitative estimate of drug-likeness (QED) is 0.643. The van der Waals surface area contributed by atoms with E-state index in [2.05, 4.69) is 10.4 Å². The minimum atomic E-state index is -3.92. The Kier molecular flexibility index (Phi) is 5.36. The van der Waals surface area contributed by atoms with Crippen LogP contribution in [0.1, 0.15) is 19.3 Å². The summed E-state index contributed by atoms with van der Waals surface area (Å²) in [7, 11) is -3.92. The summed E-state index contributed by atoms with van der Waals surface area (Å²) in [4.78, 5) is 24.6. The molecule has 0 bridgehead atoms. The van der Waals surface area contributed by atoms with Crippen LogP contribution in [0.2, 0.25) is 5.02 Å². The van der Waals surface area contributed by atoms with Gasteiger partial charge in [0.05, 0.1) is 26.9 Å². The van der Waals surface area contributed by atoms with E-state index < -0.39 is 32.9 Å². The Hall–Kier alpha value is -3.10. The Bertz CT molecular complexity index is 1160. The molecule has 1 N–H and O–H groups in total. The van der Waals surface area contributed by atoms with Crippen LogP contribution in [0, 0.1) is 11.3 Å². The van der Waals surface area contributed by atoms with Crippen molar-refractivity contribution in [2.75, 3.05) is 6.54 Å². The standard InChI is InChI=1S/C19H18ClN5O5S/c20-15-8-13(25-7-1-6-22-25)2-3-16(15)31(28,29)14-9-17(24(10-14)12-26)30-18(27)23-19(11-21)4-5-19/h1-3,6-8,12,14,17H,4-5,9-10H2,(H,23,27)/t14-,17+/m1/s1. The lowest BCUT2D eigenvalue weighted by atomic mass is 10.3. The van der Waals surface area contributed by atoms with E-state index in [1.807, 2.05) is 6.07 Å². The van der Waals surface area contributed by atoms with Gasteiger partial charge in [-0.2, -0.15) is 10.4 Å². The Labute approximate surface area is 183 Å². The van der Waals surface area contributed by atoms with Crippen LogP contribution < -0.4 is 5.32 Å². The fourth-order valence-corrected chi connectivity index (χ4v) is 5.67. The molecule has 1 saturated carbocycles. The summed E-state index contributed by atoms with van der Waals surface area (Å²) in [6.07, 6.45) is 2.73. The van der Waals surface area contributed by atoms with Crippen molar-refractivity contribution in [1.29, 1.82) is 5.26 Å². The van der Waals surface area contributed by atoms with Gasteiger partial charge in [-0.05, 0) is 37.1 Å². The number of likely N-dealkylation sites (tertiary alicyclic amines) is 1. The number of ether oxygens (including phenoxy) is 1. The Morgan fingerprint density at radius 1 is 1.42 bits per heavy atom. The molecule has 2 aromatic rings. The van der Waals surface area contributed by atoms with Gasteiger partial charge < -0.3 is 15.0 Å². The number of nitrogens with one attached hydrogen (secondary N) is 1. The molecule has 2 fully saturated rings. The number of hydrogen-bond donors (Lipinski definition) is 1. The number of sulfone groups is 1. The van der Waals surface area contributed by atoms with Crippen molar-refractivity contribution in [3.05, 3.63) is 41.7 Å². The van der Waals surface area contributed by atoms with E-state index in [1.165, 1.54) is 12.1 Å². The maximum atomic E-state index is 13.2. The number of carbonyl (C=O) groups excluding carboxylic acids is 2. The molecule has 0 radical (unpaired) electrons. The average molecular weight is 464 g/mol. The molecule has 2 aliphatic rings. The number of nitrogens with zero attached hydrogens (tertiary/aromatic N) is 4. The molecule has 2 heterocycles. The zero-order valence-electron chi connectivity index (χ0n) is 16.1. The van der Waals surface area contributed by atoms with Gasteiger partial charge in [0, 0.05) is 25.4 Å². The van der Waals surface area contributed by atoms with Gasteiger partial charge in [0.15, 0.2) is 16.1 Å². The molecule has 12 heteroatoms. The fraction of sp³-hybridized carbons (Fsp3) is 0.368. The largest absolute Gasteiger partial charge is 0.425 e. The zero-order chi connectivity index (χ0) is 22.2. The molecule has 31 heavy (non-hydrogen) atoms. The third-order valence-electron chi connectivity index (χ3n) is 5.36. The summed E-state index contributed by atoms with van der Waals surface area (Å²) >= 11 is 6.27. The highest BCUT2D eigenvalue weighted by atomic mass is 35.5. The molecular formula is C19H18ClN5O5S. The van der Waals surface area contributed by atoms with Gasteiger partial charge in [-0.25, -0.2) is 17.9 Å². The minimum absolute atomic E-state index is 0.0254. The van der Waals surface area contributed by atoms with E-state index >= 15 is 0 Å². The van der Waals surface area contributed by atoms with Crippen molar-refractivity contribution in [3.8, 4) is 11.8 Å². The maximum absolute atomic E-state index is 13.2. The molecule has 1 aliphatic carbocycles. The van der Waals surface area contributed by atoms with Gasteiger partial charge in [-0.15, -0.1) is 0 Å². The lowest BCUT2D eigenvalue weighted by molar-refractivity contribution is -0.124. The summed E-state index contributed by atoms with van der Waals surface area (Å²) < 4.78 is 33.1. The minimum Gasteiger partial charge on any atom is -0.425 e. The number of hydrogen-bond acceptors (Lipinski definition) is 7. The molecule has 1 aliphatic heterocycles. The van der Waals surface area contributed by atoms with Crippen LogP contribution in [0.5, 0.6) is 0 Å². The second-order valence-corrected chi connectivity index (χ2v) is 10.1. The summed E-state index contributed by atoms with van der Waals surface area (Å²) in [5.41, 5.74) is -0.337. The summed E-state index contributed by atoms with van der Waals surface area (Å²) in [5.74, 6) is 0. The number of carbonyl (C=O) groups is 2. The van der Waals surface area contributed by atoms with E-state index in [0.717, 1.165) is 4.90 Å². The van der Waals surface area contributed by atoms with E-state index in [1.54, 1.807) is 29.2 Å². The lowest BCUT2D eigenvalue weighted by Gasteiger charge is -2.20. The molecule has 1 saturated heterocycles. The molecule has 1 aromatic heterocycles.